The maximum atomic E-state index is 6.38. The van der Waals surface area contributed by atoms with Gasteiger partial charge in [-0.3, -0.25) is 0 Å². The molecule has 94 valence electrons. The van der Waals surface area contributed by atoms with Gasteiger partial charge in [-0.2, -0.15) is 0 Å². The molecule has 0 spiro atoms. The minimum atomic E-state index is 0.166. The molecule has 5 heteroatoms. The van der Waals surface area contributed by atoms with Crippen molar-refractivity contribution >= 4 is 44.9 Å². The summed E-state index contributed by atoms with van der Waals surface area (Å²) in [7, 11) is 0. The predicted octanol–water partition coefficient (Wildman–Crippen LogP) is 4.85. The molecule has 17 heavy (non-hydrogen) atoms. The number of rotatable bonds is 2. The van der Waals surface area contributed by atoms with Crippen molar-refractivity contribution in [1.29, 1.82) is 0 Å². The van der Waals surface area contributed by atoms with Gasteiger partial charge in [-0.05, 0) is 34.8 Å². The van der Waals surface area contributed by atoms with Gasteiger partial charge < -0.3 is 5.32 Å². The highest BCUT2D eigenvalue weighted by Crippen LogP contribution is 2.28. The fourth-order valence-corrected chi connectivity index (χ4v) is 3.15. The summed E-state index contributed by atoms with van der Waals surface area (Å²) < 4.78 is 0.885. The predicted molar refractivity (Wildman–Crippen MR) is 77.1 cm³/mol. The number of pyridine rings is 1. The van der Waals surface area contributed by atoms with Crippen LogP contribution >= 0.6 is 39.1 Å². The fraction of sp³-hybridized carbons (Fsp3) is 0.583. The molecule has 1 aromatic rings. The van der Waals surface area contributed by atoms with Crippen LogP contribution in [0.4, 0.5) is 5.82 Å². The van der Waals surface area contributed by atoms with Gasteiger partial charge in [0.05, 0.1) is 10.4 Å². The Hall–Kier alpha value is 0.01000. The topological polar surface area (TPSA) is 24.9 Å². The van der Waals surface area contributed by atoms with Gasteiger partial charge in [0.1, 0.15) is 5.82 Å². The van der Waals surface area contributed by atoms with Gasteiger partial charge in [-0.25, -0.2) is 4.98 Å². The Kier molecular flexibility index (Phi) is 4.95. The summed E-state index contributed by atoms with van der Waals surface area (Å²) >= 11 is 15.9. The molecule has 1 N–H and O–H groups in total. The SMILES string of the molecule is Clc1cc(Br)cnc1NC1CCCCCC1Cl. The van der Waals surface area contributed by atoms with Gasteiger partial charge in [0.2, 0.25) is 0 Å². The third-order valence-electron chi connectivity index (χ3n) is 3.06. The summed E-state index contributed by atoms with van der Waals surface area (Å²) in [6.07, 6.45) is 7.59. The third kappa shape index (κ3) is 3.73. The van der Waals surface area contributed by atoms with Crippen LogP contribution in [0, 0.1) is 0 Å². The van der Waals surface area contributed by atoms with Crippen LogP contribution in [0.1, 0.15) is 32.1 Å². The second kappa shape index (κ2) is 6.26. The molecule has 1 heterocycles. The van der Waals surface area contributed by atoms with E-state index in [1.807, 2.05) is 6.07 Å². The normalized spacial score (nSPS) is 25.4. The zero-order chi connectivity index (χ0) is 12.3. The number of anilines is 1. The van der Waals surface area contributed by atoms with Crippen molar-refractivity contribution in [1.82, 2.24) is 4.98 Å². The van der Waals surface area contributed by atoms with E-state index < -0.39 is 0 Å². The fourth-order valence-electron chi connectivity index (χ4n) is 2.12. The highest BCUT2D eigenvalue weighted by molar-refractivity contribution is 9.10. The maximum absolute atomic E-state index is 6.38. The lowest BCUT2D eigenvalue weighted by Crippen LogP contribution is -2.29. The van der Waals surface area contributed by atoms with Crippen molar-refractivity contribution in [2.45, 2.75) is 43.5 Å². The largest absolute Gasteiger partial charge is 0.365 e. The van der Waals surface area contributed by atoms with Crippen LogP contribution in [0.2, 0.25) is 5.02 Å². The average molecular weight is 338 g/mol. The molecule has 0 amide bonds. The molecule has 2 nitrogen and oxygen atoms in total. The van der Waals surface area contributed by atoms with Crippen LogP contribution in [0.25, 0.3) is 0 Å². The Balaban J connectivity index is 2.08. The Morgan fingerprint density at radius 3 is 2.82 bits per heavy atom. The number of hydrogen-bond acceptors (Lipinski definition) is 2. The van der Waals surface area contributed by atoms with E-state index in [-0.39, 0.29) is 11.4 Å². The van der Waals surface area contributed by atoms with E-state index >= 15 is 0 Å². The van der Waals surface area contributed by atoms with Crippen molar-refractivity contribution in [2.75, 3.05) is 5.32 Å². The van der Waals surface area contributed by atoms with Crippen LogP contribution in [0.5, 0.6) is 0 Å². The van der Waals surface area contributed by atoms with Crippen LogP contribution in [0.15, 0.2) is 16.7 Å². The average Bonchev–Trinajstić information content (AvgIpc) is 2.48. The molecule has 1 aromatic heterocycles. The molecule has 1 aliphatic rings. The van der Waals surface area contributed by atoms with Crippen molar-refractivity contribution in [3.05, 3.63) is 21.8 Å². The smallest absolute Gasteiger partial charge is 0.145 e. The van der Waals surface area contributed by atoms with Crippen LogP contribution in [0.3, 0.4) is 0 Å². The number of nitrogens with zero attached hydrogens (tertiary/aromatic N) is 1. The molecule has 0 bridgehead atoms. The molecule has 2 unspecified atom stereocenters. The van der Waals surface area contributed by atoms with Crippen molar-refractivity contribution in [2.24, 2.45) is 0 Å². The summed E-state index contributed by atoms with van der Waals surface area (Å²) in [5.41, 5.74) is 0. The Morgan fingerprint density at radius 2 is 2.06 bits per heavy atom. The number of alkyl halides is 1. The van der Waals surface area contributed by atoms with E-state index in [1.165, 1.54) is 19.3 Å². The zero-order valence-corrected chi connectivity index (χ0v) is 12.5. The molecule has 1 aliphatic carbocycles. The lowest BCUT2D eigenvalue weighted by Gasteiger charge is -2.22. The summed E-state index contributed by atoms with van der Waals surface area (Å²) in [5, 5.41) is 4.17. The van der Waals surface area contributed by atoms with E-state index in [1.54, 1.807) is 6.20 Å². The van der Waals surface area contributed by atoms with E-state index in [0.29, 0.717) is 5.02 Å². The monoisotopic (exact) mass is 336 g/mol. The molecule has 2 rings (SSSR count). The Bertz CT molecular complexity index is 387. The first-order valence-corrected chi connectivity index (χ1v) is 7.49. The zero-order valence-electron chi connectivity index (χ0n) is 9.43. The molecule has 0 aromatic carbocycles. The lowest BCUT2D eigenvalue weighted by molar-refractivity contribution is 0.625. The summed E-state index contributed by atoms with van der Waals surface area (Å²) in [4.78, 5) is 4.29. The highest BCUT2D eigenvalue weighted by Gasteiger charge is 2.22. The maximum Gasteiger partial charge on any atom is 0.145 e. The first-order chi connectivity index (χ1) is 8.16. The van der Waals surface area contributed by atoms with Crippen molar-refractivity contribution in [3.8, 4) is 0 Å². The molecule has 2 atom stereocenters. The Morgan fingerprint density at radius 1 is 1.29 bits per heavy atom. The summed E-state index contributed by atoms with van der Waals surface area (Å²) in [6.45, 7) is 0. The molecular formula is C12H15BrCl2N2. The molecule has 0 aliphatic heterocycles. The van der Waals surface area contributed by atoms with Gasteiger partial charge in [-0.15, -0.1) is 11.6 Å². The minimum absolute atomic E-state index is 0.166. The van der Waals surface area contributed by atoms with Crippen LogP contribution in [-0.2, 0) is 0 Å². The van der Waals surface area contributed by atoms with E-state index in [4.69, 9.17) is 23.2 Å². The van der Waals surface area contributed by atoms with Gasteiger partial charge in [0.25, 0.3) is 0 Å². The van der Waals surface area contributed by atoms with Gasteiger partial charge in [0.15, 0.2) is 0 Å². The number of nitrogens with one attached hydrogen (secondary N) is 1. The quantitative estimate of drug-likeness (QED) is 0.616. The highest BCUT2D eigenvalue weighted by atomic mass is 79.9. The number of halogens is 3. The summed E-state index contributed by atoms with van der Waals surface area (Å²) in [5.74, 6) is 0.729. The van der Waals surface area contributed by atoms with Gasteiger partial charge in [-0.1, -0.05) is 30.9 Å². The lowest BCUT2D eigenvalue weighted by atomic mass is 10.1. The summed E-state index contributed by atoms with van der Waals surface area (Å²) in [6, 6.07) is 2.11. The minimum Gasteiger partial charge on any atom is -0.365 e. The van der Waals surface area contributed by atoms with Crippen LogP contribution < -0.4 is 5.32 Å². The molecule has 1 saturated carbocycles. The second-order valence-electron chi connectivity index (χ2n) is 4.39. The van der Waals surface area contributed by atoms with Crippen LogP contribution in [-0.4, -0.2) is 16.4 Å². The third-order valence-corrected chi connectivity index (χ3v) is 4.31. The first kappa shape index (κ1) is 13.4. The first-order valence-electron chi connectivity index (χ1n) is 5.88. The molecular weight excluding hydrogens is 323 g/mol. The molecule has 0 saturated heterocycles. The van der Waals surface area contributed by atoms with Crippen molar-refractivity contribution in [3.63, 3.8) is 0 Å². The molecule has 1 fully saturated rings. The van der Waals surface area contributed by atoms with E-state index in [2.05, 4.69) is 26.2 Å². The van der Waals surface area contributed by atoms with Crippen molar-refractivity contribution < 1.29 is 0 Å². The second-order valence-corrected chi connectivity index (χ2v) is 6.27. The number of aromatic nitrogens is 1. The Labute approximate surface area is 120 Å². The van der Waals surface area contributed by atoms with E-state index in [9.17, 15) is 0 Å². The number of hydrogen-bond donors (Lipinski definition) is 1. The van der Waals surface area contributed by atoms with Gasteiger partial charge in [0, 0.05) is 16.7 Å². The van der Waals surface area contributed by atoms with Gasteiger partial charge >= 0.3 is 0 Å². The molecule has 0 radical (unpaired) electrons. The van der Waals surface area contributed by atoms with E-state index in [0.717, 1.165) is 23.1 Å². The standard InChI is InChI=1S/C12H15BrCl2N2/c13-8-6-10(15)12(16-7-8)17-11-5-3-1-2-4-9(11)14/h6-7,9,11H,1-5H2,(H,16,17).